The van der Waals surface area contributed by atoms with E-state index in [1.807, 2.05) is 0 Å². The van der Waals surface area contributed by atoms with Gasteiger partial charge in [-0.3, -0.25) is 0 Å². The van der Waals surface area contributed by atoms with E-state index in [0.717, 1.165) is 5.92 Å². The number of hydrogen-bond donors (Lipinski definition) is 1. The average Bonchev–Trinajstić information content (AvgIpc) is 2.80. The first-order valence-corrected chi connectivity index (χ1v) is 8.32. The molecule has 0 saturated heterocycles. The molecular weight excluding hydrogens is 218 g/mol. The van der Waals surface area contributed by atoms with Gasteiger partial charge in [-0.05, 0) is 44.6 Å². The van der Waals surface area contributed by atoms with Crippen LogP contribution in [0, 0.1) is 5.92 Å². The third-order valence-electron chi connectivity index (χ3n) is 4.71. The summed E-state index contributed by atoms with van der Waals surface area (Å²) >= 11 is 0. The van der Waals surface area contributed by atoms with Crippen LogP contribution in [-0.2, 0) is 0 Å². The Bertz CT molecular complexity index is 248. The molecule has 0 aromatic rings. The molecule has 104 valence electrons. The summed E-state index contributed by atoms with van der Waals surface area (Å²) in [6.07, 6.45) is 18.1. The Morgan fingerprint density at radius 2 is 1.94 bits per heavy atom. The van der Waals surface area contributed by atoms with E-state index in [0.29, 0.717) is 6.04 Å². The maximum Gasteiger partial charge on any atom is 0.0282 e. The second-order valence-corrected chi connectivity index (χ2v) is 6.27. The molecule has 0 radical (unpaired) electrons. The molecule has 1 unspecified atom stereocenters. The van der Waals surface area contributed by atoms with Crippen LogP contribution in [0.3, 0.4) is 0 Å². The Balaban J connectivity index is 1.86. The SMILES string of the molecule is CCCNC(CC1CCCCCC1)C1=CCCC1. The van der Waals surface area contributed by atoms with Crippen molar-refractivity contribution in [3.05, 3.63) is 11.6 Å². The van der Waals surface area contributed by atoms with Crippen LogP contribution in [0.15, 0.2) is 11.6 Å². The molecule has 18 heavy (non-hydrogen) atoms. The fourth-order valence-electron chi connectivity index (χ4n) is 3.63. The van der Waals surface area contributed by atoms with E-state index in [1.54, 1.807) is 5.57 Å². The lowest BCUT2D eigenvalue weighted by molar-refractivity contribution is 0.371. The van der Waals surface area contributed by atoms with E-state index in [9.17, 15) is 0 Å². The van der Waals surface area contributed by atoms with Crippen LogP contribution >= 0.6 is 0 Å². The van der Waals surface area contributed by atoms with Crippen LogP contribution in [0.5, 0.6) is 0 Å². The summed E-state index contributed by atoms with van der Waals surface area (Å²) in [5.74, 6) is 0.989. The molecule has 1 fully saturated rings. The minimum Gasteiger partial charge on any atom is -0.310 e. The molecule has 0 aliphatic heterocycles. The predicted octanol–water partition coefficient (Wildman–Crippen LogP) is 4.83. The molecule has 0 bridgehead atoms. The van der Waals surface area contributed by atoms with Crippen molar-refractivity contribution < 1.29 is 0 Å². The Morgan fingerprint density at radius 1 is 1.17 bits per heavy atom. The first-order valence-electron chi connectivity index (χ1n) is 8.32. The maximum absolute atomic E-state index is 3.81. The largest absolute Gasteiger partial charge is 0.310 e. The molecule has 0 spiro atoms. The predicted molar refractivity (Wildman–Crippen MR) is 79.8 cm³/mol. The average molecular weight is 249 g/mol. The van der Waals surface area contributed by atoms with Crippen LogP contribution in [0.2, 0.25) is 0 Å². The van der Waals surface area contributed by atoms with Gasteiger partial charge in [-0.25, -0.2) is 0 Å². The zero-order chi connectivity index (χ0) is 12.6. The summed E-state index contributed by atoms with van der Waals surface area (Å²) in [5, 5.41) is 3.81. The maximum atomic E-state index is 3.81. The second kappa shape index (κ2) is 7.99. The van der Waals surface area contributed by atoms with Crippen LogP contribution in [-0.4, -0.2) is 12.6 Å². The van der Waals surface area contributed by atoms with Crippen LogP contribution < -0.4 is 5.32 Å². The number of hydrogen-bond acceptors (Lipinski definition) is 1. The molecular formula is C17H31N. The van der Waals surface area contributed by atoms with E-state index in [1.165, 1.54) is 77.2 Å². The molecule has 1 heteroatoms. The van der Waals surface area contributed by atoms with Crippen molar-refractivity contribution in [2.24, 2.45) is 5.92 Å². The molecule has 0 aromatic heterocycles. The lowest BCUT2D eigenvalue weighted by Gasteiger charge is -2.25. The first kappa shape index (κ1) is 14.1. The zero-order valence-electron chi connectivity index (χ0n) is 12.2. The summed E-state index contributed by atoms with van der Waals surface area (Å²) in [6.45, 7) is 3.47. The molecule has 1 N–H and O–H groups in total. The Hall–Kier alpha value is -0.300. The quantitative estimate of drug-likeness (QED) is 0.525. The van der Waals surface area contributed by atoms with Gasteiger partial charge in [-0.1, -0.05) is 57.1 Å². The van der Waals surface area contributed by atoms with Gasteiger partial charge in [0, 0.05) is 6.04 Å². The van der Waals surface area contributed by atoms with Crippen molar-refractivity contribution in [3.8, 4) is 0 Å². The summed E-state index contributed by atoms with van der Waals surface area (Å²) in [6, 6.07) is 0.704. The van der Waals surface area contributed by atoms with Gasteiger partial charge >= 0.3 is 0 Å². The zero-order valence-corrected chi connectivity index (χ0v) is 12.2. The Morgan fingerprint density at radius 3 is 2.56 bits per heavy atom. The molecule has 2 aliphatic carbocycles. The molecule has 0 aromatic carbocycles. The van der Waals surface area contributed by atoms with Gasteiger partial charge in [0.05, 0.1) is 0 Å². The van der Waals surface area contributed by atoms with Gasteiger partial charge in [-0.2, -0.15) is 0 Å². The summed E-state index contributed by atoms with van der Waals surface area (Å²) in [5.41, 5.74) is 1.73. The highest BCUT2D eigenvalue weighted by Gasteiger charge is 2.21. The number of rotatable bonds is 6. The van der Waals surface area contributed by atoms with E-state index >= 15 is 0 Å². The number of nitrogens with one attached hydrogen (secondary N) is 1. The highest BCUT2D eigenvalue weighted by molar-refractivity contribution is 5.15. The van der Waals surface area contributed by atoms with Gasteiger partial charge in [-0.15, -0.1) is 0 Å². The first-order chi connectivity index (χ1) is 8.90. The van der Waals surface area contributed by atoms with Crippen LogP contribution in [0.4, 0.5) is 0 Å². The van der Waals surface area contributed by atoms with Gasteiger partial charge in [0.2, 0.25) is 0 Å². The third kappa shape index (κ3) is 4.42. The fourth-order valence-corrected chi connectivity index (χ4v) is 3.63. The van der Waals surface area contributed by atoms with E-state index in [2.05, 4.69) is 18.3 Å². The highest BCUT2D eigenvalue weighted by atomic mass is 14.9. The lowest BCUT2D eigenvalue weighted by atomic mass is 9.89. The monoisotopic (exact) mass is 249 g/mol. The van der Waals surface area contributed by atoms with E-state index in [4.69, 9.17) is 0 Å². The summed E-state index contributed by atoms with van der Waals surface area (Å²) < 4.78 is 0. The van der Waals surface area contributed by atoms with Crippen molar-refractivity contribution in [2.75, 3.05) is 6.54 Å². The van der Waals surface area contributed by atoms with Gasteiger partial charge in [0.25, 0.3) is 0 Å². The summed E-state index contributed by atoms with van der Waals surface area (Å²) in [4.78, 5) is 0. The normalized spacial score (nSPS) is 23.7. The molecule has 2 rings (SSSR count). The molecule has 2 aliphatic rings. The summed E-state index contributed by atoms with van der Waals surface area (Å²) in [7, 11) is 0. The van der Waals surface area contributed by atoms with Crippen LogP contribution in [0.25, 0.3) is 0 Å². The van der Waals surface area contributed by atoms with Gasteiger partial charge in [0.15, 0.2) is 0 Å². The van der Waals surface area contributed by atoms with Gasteiger partial charge in [0.1, 0.15) is 0 Å². The van der Waals surface area contributed by atoms with Crippen LogP contribution in [0.1, 0.15) is 77.6 Å². The third-order valence-corrected chi connectivity index (χ3v) is 4.71. The van der Waals surface area contributed by atoms with Crippen molar-refractivity contribution in [3.63, 3.8) is 0 Å². The minimum atomic E-state index is 0.704. The lowest BCUT2D eigenvalue weighted by Crippen LogP contribution is -2.33. The molecule has 1 saturated carbocycles. The fraction of sp³-hybridized carbons (Fsp3) is 0.882. The smallest absolute Gasteiger partial charge is 0.0282 e. The molecule has 1 atom stereocenters. The standard InChI is InChI=1S/C17H31N/c1-2-13-18-17(16-11-7-8-12-16)14-15-9-5-3-4-6-10-15/h11,15,17-18H,2-10,12-14H2,1H3. The number of allylic oxidation sites excluding steroid dienone is 1. The minimum absolute atomic E-state index is 0.704. The van der Waals surface area contributed by atoms with Gasteiger partial charge < -0.3 is 5.32 Å². The highest BCUT2D eigenvalue weighted by Crippen LogP contribution is 2.30. The van der Waals surface area contributed by atoms with E-state index < -0.39 is 0 Å². The Kier molecular flexibility index (Phi) is 6.26. The Labute approximate surface area is 113 Å². The molecule has 0 amide bonds. The molecule has 0 heterocycles. The van der Waals surface area contributed by atoms with Crippen molar-refractivity contribution in [2.45, 2.75) is 83.6 Å². The molecule has 1 nitrogen and oxygen atoms in total. The topological polar surface area (TPSA) is 12.0 Å². The second-order valence-electron chi connectivity index (χ2n) is 6.27. The van der Waals surface area contributed by atoms with Crippen molar-refractivity contribution in [1.29, 1.82) is 0 Å². The van der Waals surface area contributed by atoms with Crippen molar-refractivity contribution >= 4 is 0 Å². The van der Waals surface area contributed by atoms with E-state index in [-0.39, 0.29) is 0 Å². The van der Waals surface area contributed by atoms with Crippen molar-refractivity contribution in [1.82, 2.24) is 5.32 Å².